The number of rotatable bonds is 4. The third kappa shape index (κ3) is 4.21. The number of imidazole rings is 1. The first kappa shape index (κ1) is 13.3. The third-order valence-electron chi connectivity index (χ3n) is 2.20. The predicted molar refractivity (Wildman–Crippen MR) is 71.6 cm³/mol. The van der Waals surface area contributed by atoms with Crippen LogP contribution in [0.3, 0.4) is 0 Å². The van der Waals surface area contributed by atoms with Crippen LogP contribution in [0.25, 0.3) is 0 Å². The van der Waals surface area contributed by atoms with E-state index in [2.05, 4.69) is 27.1 Å². The van der Waals surface area contributed by atoms with Crippen molar-refractivity contribution >= 4 is 22.4 Å². The average molecular weight is 276 g/mol. The van der Waals surface area contributed by atoms with Crippen LogP contribution in [0.5, 0.6) is 0 Å². The van der Waals surface area contributed by atoms with Gasteiger partial charge in [0.05, 0.1) is 17.4 Å². The van der Waals surface area contributed by atoms with Crippen LogP contribution in [0.1, 0.15) is 11.3 Å². The van der Waals surface area contributed by atoms with Crippen LogP contribution >= 0.6 is 11.3 Å². The second kappa shape index (κ2) is 6.68. The number of aliphatic hydroxyl groups is 1. The molecule has 2 aromatic heterocycles. The first-order valence-corrected chi connectivity index (χ1v) is 6.41. The molecular formula is C12H12N4O2S. The van der Waals surface area contributed by atoms with Gasteiger partial charge in [-0.25, -0.2) is 9.97 Å². The van der Waals surface area contributed by atoms with Crippen molar-refractivity contribution in [2.24, 2.45) is 0 Å². The van der Waals surface area contributed by atoms with Crippen molar-refractivity contribution in [1.29, 1.82) is 0 Å². The number of hydrogen-bond donors (Lipinski definition) is 2. The van der Waals surface area contributed by atoms with Crippen LogP contribution in [0.15, 0.2) is 24.9 Å². The fourth-order valence-electron chi connectivity index (χ4n) is 1.35. The number of aromatic nitrogens is 3. The zero-order valence-electron chi connectivity index (χ0n) is 10.0. The van der Waals surface area contributed by atoms with Gasteiger partial charge in [0.15, 0.2) is 5.13 Å². The van der Waals surface area contributed by atoms with Gasteiger partial charge >= 0.3 is 0 Å². The maximum Gasteiger partial charge on any atom is 0.227 e. The van der Waals surface area contributed by atoms with Crippen molar-refractivity contribution in [3.63, 3.8) is 0 Å². The Morgan fingerprint density at radius 2 is 2.47 bits per heavy atom. The topological polar surface area (TPSA) is 80.0 Å². The van der Waals surface area contributed by atoms with Crippen LogP contribution in [0.4, 0.5) is 5.13 Å². The van der Waals surface area contributed by atoms with Crippen LogP contribution in [-0.4, -0.2) is 32.2 Å². The molecule has 2 aromatic rings. The second-order valence-corrected chi connectivity index (χ2v) is 4.62. The van der Waals surface area contributed by atoms with Crippen LogP contribution in [0.2, 0.25) is 0 Å². The van der Waals surface area contributed by atoms with E-state index in [1.54, 1.807) is 24.9 Å². The molecule has 0 atom stereocenters. The molecule has 2 rings (SSSR count). The van der Waals surface area contributed by atoms with Gasteiger partial charge in [0.25, 0.3) is 0 Å². The molecule has 2 N–H and O–H groups in total. The Balaban J connectivity index is 1.83. The van der Waals surface area contributed by atoms with E-state index in [0.29, 0.717) is 23.0 Å². The first-order chi connectivity index (χ1) is 9.28. The highest BCUT2D eigenvalue weighted by Crippen LogP contribution is 2.17. The lowest BCUT2D eigenvalue weighted by molar-refractivity contribution is -0.116. The number of thiazole rings is 1. The SMILES string of the molecule is O=C(CCn1ccnc1)Nc1ncc(C#CCO)s1. The van der Waals surface area contributed by atoms with E-state index in [4.69, 9.17) is 5.11 Å². The molecule has 7 heteroatoms. The van der Waals surface area contributed by atoms with E-state index in [1.807, 2.05) is 4.57 Å². The van der Waals surface area contributed by atoms with Crippen LogP contribution in [-0.2, 0) is 11.3 Å². The fraction of sp³-hybridized carbons (Fsp3) is 0.250. The first-order valence-electron chi connectivity index (χ1n) is 5.59. The smallest absolute Gasteiger partial charge is 0.227 e. The molecule has 19 heavy (non-hydrogen) atoms. The molecule has 0 fully saturated rings. The summed E-state index contributed by atoms with van der Waals surface area (Å²) in [5.74, 6) is 5.16. The Labute approximate surface area is 114 Å². The number of nitrogens with zero attached hydrogens (tertiary/aromatic N) is 3. The van der Waals surface area contributed by atoms with Gasteiger partial charge in [0, 0.05) is 25.4 Å². The molecule has 98 valence electrons. The van der Waals surface area contributed by atoms with Gasteiger partial charge in [-0.1, -0.05) is 23.2 Å². The monoisotopic (exact) mass is 276 g/mol. The van der Waals surface area contributed by atoms with Crippen LogP contribution in [0, 0.1) is 11.8 Å². The van der Waals surface area contributed by atoms with Gasteiger partial charge in [-0.05, 0) is 0 Å². The molecular weight excluding hydrogens is 264 g/mol. The molecule has 0 aliphatic carbocycles. The molecule has 6 nitrogen and oxygen atoms in total. The van der Waals surface area contributed by atoms with E-state index in [0.717, 1.165) is 0 Å². The number of aryl methyl sites for hydroxylation is 1. The van der Waals surface area contributed by atoms with Crippen molar-refractivity contribution in [3.05, 3.63) is 29.8 Å². The summed E-state index contributed by atoms with van der Waals surface area (Å²) in [5.41, 5.74) is 0. The Hall–Kier alpha value is -2.17. The molecule has 0 saturated heterocycles. The van der Waals surface area contributed by atoms with E-state index < -0.39 is 0 Å². The summed E-state index contributed by atoms with van der Waals surface area (Å²) < 4.78 is 1.83. The van der Waals surface area contributed by atoms with E-state index in [1.165, 1.54) is 11.3 Å². The second-order valence-electron chi connectivity index (χ2n) is 3.59. The van der Waals surface area contributed by atoms with Crippen molar-refractivity contribution in [1.82, 2.24) is 14.5 Å². The maximum atomic E-state index is 11.7. The molecule has 0 aromatic carbocycles. The van der Waals surface area contributed by atoms with Gasteiger partial charge in [-0.15, -0.1) is 0 Å². The van der Waals surface area contributed by atoms with Crippen molar-refractivity contribution < 1.29 is 9.90 Å². The standard InChI is InChI=1S/C12H12N4O2S/c17-7-1-2-10-8-14-12(19-10)15-11(18)3-5-16-6-4-13-9-16/h4,6,8-9,17H,3,5,7H2,(H,14,15,18). The zero-order chi connectivity index (χ0) is 13.5. The van der Waals surface area contributed by atoms with Gasteiger partial charge in [0.2, 0.25) is 5.91 Å². The summed E-state index contributed by atoms with van der Waals surface area (Å²) >= 11 is 1.28. The van der Waals surface area contributed by atoms with Crippen molar-refractivity contribution in [2.45, 2.75) is 13.0 Å². The number of carbonyl (C=O) groups is 1. The minimum atomic E-state index is -0.190. The van der Waals surface area contributed by atoms with Gasteiger partial charge < -0.3 is 15.0 Å². The van der Waals surface area contributed by atoms with Crippen LogP contribution < -0.4 is 5.32 Å². The lowest BCUT2D eigenvalue weighted by atomic mass is 10.4. The van der Waals surface area contributed by atoms with E-state index in [-0.39, 0.29) is 12.5 Å². The highest BCUT2D eigenvalue weighted by atomic mass is 32.1. The quantitative estimate of drug-likeness (QED) is 0.806. The Bertz CT molecular complexity index is 595. The molecule has 2 heterocycles. The molecule has 0 radical (unpaired) electrons. The lowest BCUT2D eigenvalue weighted by Gasteiger charge is -2.02. The minimum absolute atomic E-state index is 0.107. The molecule has 0 bridgehead atoms. The molecule has 0 aliphatic heterocycles. The maximum absolute atomic E-state index is 11.7. The number of anilines is 1. The number of carbonyl (C=O) groups excluding carboxylic acids is 1. The Morgan fingerprint density at radius 3 is 3.21 bits per heavy atom. The normalized spacial score (nSPS) is 9.74. The average Bonchev–Trinajstić information content (AvgIpc) is 3.05. The van der Waals surface area contributed by atoms with Gasteiger partial charge in [-0.2, -0.15) is 0 Å². The molecule has 0 unspecified atom stereocenters. The third-order valence-corrected chi connectivity index (χ3v) is 3.03. The number of amides is 1. The van der Waals surface area contributed by atoms with E-state index >= 15 is 0 Å². The van der Waals surface area contributed by atoms with Crippen molar-refractivity contribution in [3.8, 4) is 11.8 Å². The molecule has 0 aliphatic rings. The summed E-state index contributed by atoms with van der Waals surface area (Å²) in [6.45, 7) is 0.388. The number of aliphatic hydroxyl groups excluding tert-OH is 1. The summed E-state index contributed by atoms with van der Waals surface area (Å²) in [5, 5.41) is 11.8. The Morgan fingerprint density at radius 1 is 1.58 bits per heavy atom. The Kier molecular flexibility index (Phi) is 4.66. The lowest BCUT2D eigenvalue weighted by Crippen LogP contribution is -2.13. The largest absolute Gasteiger partial charge is 0.384 e. The molecule has 0 spiro atoms. The molecule has 0 saturated carbocycles. The summed E-state index contributed by atoms with van der Waals surface area (Å²) in [4.78, 5) is 20.3. The predicted octanol–water partition coefficient (Wildman–Crippen LogP) is 0.712. The molecule has 1 amide bonds. The highest BCUT2D eigenvalue weighted by Gasteiger charge is 2.06. The number of nitrogens with one attached hydrogen (secondary N) is 1. The zero-order valence-corrected chi connectivity index (χ0v) is 10.9. The summed E-state index contributed by atoms with van der Waals surface area (Å²) in [6, 6.07) is 0. The highest BCUT2D eigenvalue weighted by molar-refractivity contribution is 7.16. The summed E-state index contributed by atoms with van der Waals surface area (Å²) in [7, 11) is 0. The van der Waals surface area contributed by atoms with Gasteiger partial charge in [-0.3, -0.25) is 4.79 Å². The minimum Gasteiger partial charge on any atom is -0.384 e. The van der Waals surface area contributed by atoms with Crippen molar-refractivity contribution in [2.75, 3.05) is 11.9 Å². The summed E-state index contributed by atoms with van der Waals surface area (Å²) in [6.07, 6.45) is 7.07. The fourth-order valence-corrected chi connectivity index (χ4v) is 2.05. The number of hydrogen-bond acceptors (Lipinski definition) is 5. The van der Waals surface area contributed by atoms with Gasteiger partial charge in [0.1, 0.15) is 6.61 Å². The van der Waals surface area contributed by atoms with E-state index in [9.17, 15) is 4.79 Å².